The summed E-state index contributed by atoms with van der Waals surface area (Å²) in [6.45, 7) is 2.71. The van der Waals surface area contributed by atoms with Crippen LogP contribution < -0.4 is 15.6 Å². The number of amides is 2. The molecule has 0 saturated heterocycles. The molecule has 4 atom stereocenters. The zero-order chi connectivity index (χ0) is 19.4. The van der Waals surface area contributed by atoms with Crippen molar-refractivity contribution in [2.45, 2.75) is 26.2 Å². The van der Waals surface area contributed by atoms with Crippen LogP contribution >= 0.6 is 0 Å². The molecule has 1 aromatic rings. The number of aliphatic carboxylic acids is 1. The molecule has 2 aliphatic carbocycles. The van der Waals surface area contributed by atoms with Crippen LogP contribution in [0.5, 0.6) is 5.75 Å². The first-order chi connectivity index (χ1) is 13.0. The molecule has 2 bridgehead atoms. The number of ether oxygens (including phenoxy) is 1. The monoisotopic (exact) mass is 372 g/mol. The van der Waals surface area contributed by atoms with E-state index in [-0.39, 0.29) is 11.8 Å². The van der Waals surface area contributed by atoms with Gasteiger partial charge in [-0.15, -0.1) is 0 Å². The Balaban J connectivity index is 1.53. The summed E-state index contributed by atoms with van der Waals surface area (Å²) in [6, 6.07) is 6.63. The number of hydrogen-bond donors (Lipinski definition) is 3. The fourth-order valence-corrected chi connectivity index (χ4v) is 3.83. The molecule has 1 fully saturated rings. The molecule has 0 radical (unpaired) electrons. The first-order valence-corrected chi connectivity index (χ1v) is 9.25. The lowest BCUT2D eigenvalue weighted by Crippen LogP contribution is -2.48. The Hall–Kier alpha value is -2.83. The summed E-state index contributed by atoms with van der Waals surface area (Å²) in [7, 11) is 0. The predicted molar refractivity (Wildman–Crippen MR) is 97.8 cm³/mol. The Morgan fingerprint density at radius 1 is 1.07 bits per heavy atom. The van der Waals surface area contributed by atoms with Crippen LogP contribution in [0.1, 0.15) is 36.5 Å². The summed E-state index contributed by atoms with van der Waals surface area (Å²) in [4.78, 5) is 36.1. The number of benzene rings is 1. The number of allylic oxidation sites excluding steroid dienone is 2. The third kappa shape index (κ3) is 4.13. The van der Waals surface area contributed by atoms with Crippen LogP contribution in [0.25, 0.3) is 0 Å². The van der Waals surface area contributed by atoms with Crippen LogP contribution in [0.3, 0.4) is 0 Å². The van der Waals surface area contributed by atoms with Gasteiger partial charge in [0.05, 0.1) is 18.4 Å². The van der Waals surface area contributed by atoms with Gasteiger partial charge < -0.3 is 9.84 Å². The van der Waals surface area contributed by atoms with Gasteiger partial charge in [-0.3, -0.25) is 25.2 Å². The zero-order valence-corrected chi connectivity index (χ0v) is 15.2. The number of rotatable bonds is 7. The quantitative estimate of drug-likeness (QED) is 0.386. The van der Waals surface area contributed by atoms with Gasteiger partial charge in [-0.2, -0.15) is 0 Å². The molecule has 27 heavy (non-hydrogen) atoms. The largest absolute Gasteiger partial charge is 0.494 e. The van der Waals surface area contributed by atoms with E-state index in [0.29, 0.717) is 24.3 Å². The number of hydrogen-bond acceptors (Lipinski definition) is 4. The van der Waals surface area contributed by atoms with Gasteiger partial charge in [0, 0.05) is 5.56 Å². The van der Waals surface area contributed by atoms with E-state index in [1.807, 2.05) is 12.2 Å². The van der Waals surface area contributed by atoms with Gasteiger partial charge in [-0.05, 0) is 48.9 Å². The van der Waals surface area contributed by atoms with Gasteiger partial charge in [0.1, 0.15) is 5.75 Å². The number of carbonyl (C=O) groups is 3. The Morgan fingerprint density at radius 3 is 2.37 bits per heavy atom. The molecule has 3 N–H and O–H groups in total. The molecule has 0 spiro atoms. The van der Waals surface area contributed by atoms with Crippen molar-refractivity contribution in [3.63, 3.8) is 0 Å². The van der Waals surface area contributed by atoms with E-state index in [4.69, 9.17) is 4.74 Å². The highest BCUT2D eigenvalue weighted by Gasteiger charge is 2.51. The van der Waals surface area contributed by atoms with Crippen molar-refractivity contribution in [2.24, 2.45) is 23.7 Å². The van der Waals surface area contributed by atoms with Gasteiger partial charge in [-0.25, -0.2) is 0 Å². The van der Waals surface area contributed by atoms with Crippen LogP contribution in [0, 0.1) is 23.7 Å². The summed E-state index contributed by atoms with van der Waals surface area (Å²) >= 11 is 0. The van der Waals surface area contributed by atoms with Gasteiger partial charge >= 0.3 is 5.97 Å². The second-order valence-corrected chi connectivity index (χ2v) is 7.01. The molecule has 0 heterocycles. The van der Waals surface area contributed by atoms with Crippen molar-refractivity contribution in [2.75, 3.05) is 6.61 Å². The second-order valence-electron chi connectivity index (χ2n) is 7.01. The van der Waals surface area contributed by atoms with Gasteiger partial charge in [-0.1, -0.05) is 25.5 Å². The summed E-state index contributed by atoms with van der Waals surface area (Å²) in [5, 5.41) is 9.40. The average molecular weight is 372 g/mol. The molecule has 2 aliphatic rings. The SMILES string of the molecule is CCCCOc1ccc(C(=O)NNC(=O)[C@H]2[C@@H](C(=O)O)[C@H]3C=C[C@@H]2C3)cc1. The van der Waals surface area contributed by atoms with Gasteiger partial charge in [0.15, 0.2) is 0 Å². The molecule has 7 nitrogen and oxygen atoms in total. The molecule has 2 amide bonds. The fraction of sp³-hybridized carbons (Fsp3) is 0.450. The normalized spacial score (nSPS) is 25.2. The minimum atomic E-state index is -0.975. The summed E-state index contributed by atoms with van der Waals surface area (Å²) in [5.41, 5.74) is 5.13. The smallest absolute Gasteiger partial charge is 0.307 e. The van der Waals surface area contributed by atoms with Crippen LogP contribution in [0.15, 0.2) is 36.4 Å². The number of carboxylic acids is 1. The van der Waals surface area contributed by atoms with E-state index in [9.17, 15) is 19.5 Å². The van der Waals surface area contributed by atoms with Crippen LogP contribution in [0.4, 0.5) is 0 Å². The van der Waals surface area contributed by atoms with Gasteiger partial charge in [0.2, 0.25) is 5.91 Å². The molecular formula is C20H24N2O5. The maximum Gasteiger partial charge on any atom is 0.307 e. The van der Waals surface area contributed by atoms with Crippen LogP contribution in [0.2, 0.25) is 0 Å². The van der Waals surface area contributed by atoms with Crippen molar-refractivity contribution >= 4 is 17.8 Å². The standard InChI is InChI=1S/C20H24N2O5/c1-2-3-10-27-15-8-6-12(7-9-15)18(23)21-22-19(24)16-13-4-5-14(11-13)17(16)20(25)26/h4-9,13-14,16-17H,2-3,10-11H2,1H3,(H,21,23)(H,22,24)(H,25,26)/t13-,14+,16-,17+/m1/s1. The number of fused-ring (bicyclic) bond motifs is 2. The van der Waals surface area contributed by atoms with Crippen LogP contribution in [-0.4, -0.2) is 29.5 Å². The van der Waals surface area contributed by atoms with Crippen molar-refractivity contribution in [1.82, 2.24) is 10.9 Å². The lowest BCUT2D eigenvalue weighted by atomic mass is 9.82. The van der Waals surface area contributed by atoms with Gasteiger partial charge in [0.25, 0.3) is 5.91 Å². The minimum Gasteiger partial charge on any atom is -0.494 e. The Bertz CT molecular complexity index is 743. The highest BCUT2D eigenvalue weighted by Crippen LogP contribution is 2.48. The van der Waals surface area contributed by atoms with Crippen LogP contribution in [-0.2, 0) is 9.59 Å². The zero-order valence-electron chi connectivity index (χ0n) is 15.2. The molecule has 0 aliphatic heterocycles. The third-order valence-electron chi connectivity index (χ3n) is 5.23. The summed E-state index contributed by atoms with van der Waals surface area (Å²) in [6.07, 6.45) is 6.44. The third-order valence-corrected chi connectivity index (χ3v) is 5.23. The minimum absolute atomic E-state index is 0.0902. The topological polar surface area (TPSA) is 105 Å². The van der Waals surface area contributed by atoms with Crippen molar-refractivity contribution in [3.05, 3.63) is 42.0 Å². The molecular weight excluding hydrogens is 348 g/mol. The molecule has 7 heteroatoms. The highest BCUT2D eigenvalue weighted by molar-refractivity contribution is 5.96. The fourth-order valence-electron chi connectivity index (χ4n) is 3.83. The average Bonchev–Trinajstić information content (AvgIpc) is 3.28. The molecule has 0 aromatic heterocycles. The lowest BCUT2D eigenvalue weighted by molar-refractivity contribution is -0.148. The van der Waals surface area contributed by atoms with E-state index >= 15 is 0 Å². The van der Waals surface area contributed by atoms with E-state index in [1.54, 1.807) is 24.3 Å². The number of unbranched alkanes of at least 4 members (excludes halogenated alkanes) is 1. The second kappa shape index (κ2) is 8.24. The lowest BCUT2D eigenvalue weighted by Gasteiger charge is -2.23. The van der Waals surface area contributed by atoms with Crippen molar-refractivity contribution < 1.29 is 24.2 Å². The maximum atomic E-state index is 12.4. The molecule has 144 valence electrons. The Kier molecular flexibility index (Phi) is 5.78. The first kappa shape index (κ1) is 18.9. The van der Waals surface area contributed by atoms with E-state index < -0.39 is 29.6 Å². The summed E-state index contributed by atoms with van der Waals surface area (Å²) < 4.78 is 5.55. The number of hydrazine groups is 1. The molecule has 1 saturated carbocycles. The summed E-state index contributed by atoms with van der Waals surface area (Å²) in [5.74, 6) is -2.82. The first-order valence-electron chi connectivity index (χ1n) is 9.25. The highest BCUT2D eigenvalue weighted by atomic mass is 16.5. The predicted octanol–water partition coefficient (Wildman–Crippen LogP) is 2.15. The number of carboxylic acid groups (broad SMARTS) is 1. The van der Waals surface area contributed by atoms with E-state index in [1.165, 1.54) is 0 Å². The maximum absolute atomic E-state index is 12.4. The molecule has 3 rings (SSSR count). The Labute approximate surface area is 157 Å². The number of nitrogens with one attached hydrogen (secondary N) is 2. The van der Waals surface area contributed by atoms with Crippen molar-refractivity contribution in [1.29, 1.82) is 0 Å². The Morgan fingerprint density at radius 2 is 1.74 bits per heavy atom. The van der Waals surface area contributed by atoms with E-state index in [2.05, 4.69) is 17.8 Å². The van der Waals surface area contributed by atoms with Crippen molar-refractivity contribution in [3.8, 4) is 5.75 Å². The van der Waals surface area contributed by atoms with E-state index in [0.717, 1.165) is 12.8 Å². The molecule has 0 unspecified atom stereocenters. The number of carbonyl (C=O) groups excluding carboxylic acids is 2. The molecule has 1 aromatic carbocycles.